The Kier molecular flexibility index (Phi) is 7.23. The van der Waals surface area contributed by atoms with Crippen LogP contribution in [0.5, 0.6) is 11.5 Å². The predicted octanol–water partition coefficient (Wildman–Crippen LogP) is 4.37. The molecular formula is C25H23NO6. The van der Waals surface area contributed by atoms with Gasteiger partial charge in [0.1, 0.15) is 6.61 Å². The lowest BCUT2D eigenvalue weighted by molar-refractivity contribution is 0.0728. The van der Waals surface area contributed by atoms with Gasteiger partial charge in [0, 0.05) is 12.6 Å². The van der Waals surface area contributed by atoms with Crippen LogP contribution < -0.4 is 4.74 Å². The summed E-state index contributed by atoms with van der Waals surface area (Å²) < 4.78 is 10.5. The summed E-state index contributed by atoms with van der Waals surface area (Å²) in [6.45, 7) is 1.74. The number of benzene rings is 3. The first kappa shape index (κ1) is 22.6. The first-order chi connectivity index (χ1) is 15.3. The molecule has 1 N–H and O–H groups in total. The van der Waals surface area contributed by atoms with E-state index in [9.17, 15) is 19.5 Å². The Hall–Kier alpha value is -4.13. The van der Waals surface area contributed by atoms with E-state index in [1.807, 2.05) is 37.3 Å². The molecule has 0 fully saturated rings. The number of rotatable bonds is 7. The number of amides is 1. The van der Waals surface area contributed by atoms with E-state index in [4.69, 9.17) is 9.47 Å². The number of carbonyl (C=O) groups excluding carboxylic acids is 3. The highest BCUT2D eigenvalue weighted by Crippen LogP contribution is 2.28. The van der Waals surface area contributed by atoms with Crippen LogP contribution >= 0.6 is 0 Å². The lowest BCUT2D eigenvalue weighted by atomic mass is 10.1. The van der Waals surface area contributed by atoms with Crippen LogP contribution in [0.3, 0.4) is 0 Å². The minimum Gasteiger partial charge on any atom is -0.504 e. The molecule has 3 aromatic carbocycles. The number of phenols is 1. The first-order valence-corrected chi connectivity index (χ1v) is 9.90. The van der Waals surface area contributed by atoms with Gasteiger partial charge in [0.05, 0.1) is 12.1 Å². The molecule has 32 heavy (non-hydrogen) atoms. The van der Waals surface area contributed by atoms with E-state index in [-0.39, 0.29) is 30.2 Å². The third-order valence-corrected chi connectivity index (χ3v) is 4.67. The lowest BCUT2D eigenvalue weighted by Crippen LogP contribution is -2.32. The van der Waals surface area contributed by atoms with Gasteiger partial charge >= 0.3 is 12.1 Å². The summed E-state index contributed by atoms with van der Waals surface area (Å²) in [7, 11) is 1.45. The number of aryl methyl sites for hydroxylation is 1. The van der Waals surface area contributed by atoms with Crippen molar-refractivity contribution < 1.29 is 29.0 Å². The number of likely N-dealkylation sites (N-methyl/N-ethyl adjacent to an activating group) is 1. The fraction of sp³-hybridized carbons (Fsp3) is 0.160. The Balaban J connectivity index is 1.62. The minimum absolute atomic E-state index is 0.0938. The van der Waals surface area contributed by atoms with E-state index < -0.39 is 17.8 Å². The van der Waals surface area contributed by atoms with E-state index in [0.717, 1.165) is 16.0 Å². The molecule has 0 bridgehead atoms. The molecule has 7 nitrogen and oxygen atoms in total. The second kappa shape index (κ2) is 10.3. The van der Waals surface area contributed by atoms with Gasteiger partial charge in [-0.25, -0.2) is 9.59 Å². The molecule has 0 saturated heterocycles. The molecule has 0 aliphatic carbocycles. The molecule has 0 spiro atoms. The molecule has 0 aromatic heterocycles. The fourth-order valence-corrected chi connectivity index (χ4v) is 2.82. The summed E-state index contributed by atoms with van der Waals surface area (Å²) in [6.07, 6.45) is -0.646. The van der Waals surface area contributed by atoms with Crippen LogP contribution in [-0.2, 0) is 11.3 Å². The van der Waals surface area contributed by atoms with Crippen molar-refractivity contribution in [1.29, 1.82) is 0 Å². The standard InChI is InChI=1S/C25H23NO6/c1-17-8-10-19(11-9-17)24(29)32-23-14-20(12-13-21(23)27)22(28)15-26(2)25(30)31-16-18-6-4-3-5-7-18/h3-14,27H,15-16H2,1-2H3. The molecular weight excluding hydrogens is 410 g/mol. The van der Waals surface area contributed by atoms with E-state index >= 15 is 0 Å². The van der Waals surface area contributed by atoms with Gasteiger partial charge in [-0.3, -0.25) is 4.79 Å². The molecule has 1 amide bonds. The number of nitrogens with zero attached hydrogens (tertiary/aromatic N) is 1. The van der Waals surface area contributed by atoms with Gasteiger partial charge in [-0.05, 0) is 42.8 Å². The minimum atomic E-state index is -0.661. The van der Waals surface area contributed by atoms with Gasteiger partial charge in [-0.15, -0.1) is 0 Å². The van der Waals surface area contributed by atoms with Crippen molar-refractivity contribution in [2.75, 3.05) is 13.6 Å². The zero-order valence-electron chi connectivity index (χ0n) is 17.8. The smallest absolute Gasteiger partial charge is 0.410 e. The molecule has 3 rings (SSSR count). The zero-order valence-corrected chi connectivity index (χ0v) is 17.8. The molecule has 7 heteroatoms. The number of esters is 1. The van der Waals surface area contributed by atoms with Crippen LogP contribution in [-0.4, -0.2) is 41.4 Å². The molecule has 0 unspecified atom stereocenters. The number of carbonyl (C=O) groups is 3. The average Bonchev–Trinajstić information content (AvgIpc) is 2.79. The van der Waals surface area contributed by atoms with Gasteiger partial charge in [0.25, 0.3) is 0 Å². The summed E-state index contributed by atoms with van der Waals surface area (Å²) >= 11 is 0. The number of hydrogen-bond donors (Lipinski definition) is 1. The molecule has 0 radical (unpaired) electrons. The SMILES string of the molecule is Cc1ccc(C(=O)Oc2cc(C(=O)CN(C)C(=O)OCc3ccccc3)ccc2O)cc1. The number of Topliss-reactive ketones (excluding diaryl/α,β-unsaturated/α-hetero) is 1. The molecule has 0 aliphatic rings. The maximum atomic E-state index is 12.6. The maximum Gasteiger partial charge on any atom is 0.410 e. The van der Waals surface area contributed by atoms with Crippen molar-refractivity contribution in [1.82, 2.24) is 4.90 Å². The van der Waals surface area contributed by atoms with Gasteiger partial charge in [0.2, 0.25) is 0 Å². The highest BCUT2D eigenvalue weighted by Gasteiger charge is 2.18. The summed E-state index contributed by atoms with van der Waals surface area (Å²) in [5.74, 6) is -1.49. The average molecular weight is 433 g/mol. The van der Waals surface area contributed by atoms with Crippen molar-refractivity contribution in [3.8, 4) is 11.5 Å². The third-order valence-electron chi connectivity index (χ3n) is 4.67. The van der Waals surface area contributed by atoms with E-state index in [2.05, 4.69) is 0 Å². The topological polar surface area (TPSA) is 93.1 Å². The zero-order chi connectivity index (χ0) is 23.1. The maximum absolute atomic E-state index is 12.6. The van der Waals surface area contributed by atoms with E-state index in [1.165, 1.54) is 25.2 Å². The Morgan fingerprint density at radius 2 is 1.56 bits per heavy atom. The largest absolute Gasteiger partial charge is 0.504 e. The number of phenolic OH excluding ortho intramolecular Hbond substituents is 1. The summed E-state index contributed by atoms with van der Waals surface area (Å²) in [4.78, 5) is 38.3. The van der Waals surface area contributed by atoms with Crippen LogP contribution in [0.4, 0.5) is 4.79 Å². The molecule has 0 heterocycles. The Bertz CT molecular complexity index is 1110. The van der Waals surface area contributed by atoms with Gasteiger partial charge in [-0.1, -0.05) is 48.0 Å². The third kappa shape index (κ3) is 5.95. The first-order valence-electron chi connectivity index (χ1n) is 9.90. The van der Waals surface area contributed by atoms with Crippen LogP contribution in [0.1, 0.15) is 31.8 Å². The lowest BCUT2D eigenvalue weighted by Gasteiger charge is -2.16. The van der Waals surface area contributed by atoms with E-state index in [1.54, 1.807) is 24.3 Å². The second-order valence-corrected chi connectivity index (χ2v) is 7.26. The summed E-state index contributed by atoms with van der Waals surface area (Å²) in [5.41, 5.74) is 2.31. The van der Waals surface area contributed by atoms with Crippen LogP contribution in [0.15, 0.2) is 72.8 Å². The monoisotopic (exact) mass is 433 g/mol. The Morgan fingerprint density at radius 3 is 2.25 bits per heavy atom. The highest BCUT2D eigenvalue weighted by atomic mass is 16.6. The number of ketones is 1. The van der Waals surface area contributed by atoms with Crippen molar-refractivity contribution >= 4 is 17.8 Å². The summed E-state index contributed by atoms with van der Waals surface area (Å²) in [6, 6.07) is 19.9. The summed E-state index contributed by atoms with van der Waals surface area (Å²) in [5, 5.41) is 10.0. The van der Waals surface area contributed by atoms with Crippen molar-refractivity contribution in [2.45, 2.75) is 13.5 Å². The van der Waals surface area contributed by atoms with Gasteiger partial charge < -0.3 is 19.5 Å². The molecule has 0 aliphatic heterocycles. The number of ether oxygens (including phenoxy) is 2. The molecule has 0 atom stereocenters. The van der Waals surface area contributed by atoms with Crippen LogP contribution in [0, 0.1) is 6.92 Å². The quantitative estimate of drug-likeness (QED) is 0.338. The predicted molar refractivity (Wildman–Crippen MR) is 118 cm³/mol. The van der Waals surface area contributed by atoms with Crippen molar-refractivity contribution in [3.63, 3.8) is 0 Å². The van der Waals surface area contributed by atoms with Gasteiger partial charge in [-0.2, -0.15) is 0 Å². The Morgan fingerprint density at radius 1 is 0.906 bits per heavy atom. The van der Waals surface area contributed by atoms with Crippen molar-refractivity contribution in [3.05, 3.63) is 95.1 Å². The molecule has 3 aromatic rings. The molecule has 164 valence electrons. The second-order valence-electron chi connectivity index (χ2n) is 7.26. The van der Waals surface area contributed by atoms with E-state index in [0.29, 0.717) is 5.56 Å². The molecule has 0 saturated carbocycles. The fourth-order valence-electron chi connectivity index (χ4n) is 2.82. The Labute approximate surface area is 185 Å². The number of hydrogen-bond acceptors (Lipinski definition) is 6. The van der Waals surface area contributed by atoms with Crippen molar-refractivity contribution in [2.24, 2.45) is 0 Å². The number of aromatic hydroxyl groups is 1. The highest BCUT2D eigenvalue weighted by molar-refractivity contribution is 5.99. The normalized spacial score (nSPS) is 10.3. The van der Waals surface area contributed by atoms with Crippen LogP contribution in [0.2, 0.25) is 0 Å². The van der Waals surface area contributed by atoms with Crippen LogP contribution in [0.25, 0.3) is 0 Å². The van der Waals surface area contributed by atoms with Gasteiger partial charge in [0.15, 0.2) is 17.3 Å².